The molecule has 2 N–H and O–H groups in total. The summed E-state index contributed by atoms with van der Waals surface area (Å²) in [6.07, 6.45) is 0. The highest BCUT2D eigenvalue weighted by Gasteiger charge is 1.99. The molecule has 0 bridgehead atoms. The van der Waals surface area contributed by atoms with Crippen LogP contribution >= 0.6 is 15.9 Å². The van der Waals surface area contributed by atoms with Crippen LogP contribution in [0.2, 0.25) is 0 Å². The summed E-state index contributed by atoms with van der Waals surface area (Å²) in [5.74, 6) is -0.246. The summed E-state index contributed by atoms with van der Waals surface area (Å²) in [4.78, 5) is 0. The van der Waals surface area contributed by atoms with Crippen molar-refractivity contribution >= 4 is 21.6 Å². The third kappa shape index (κ3) is 3.54. The molecule has 0 amide bonds. The minimum Gasteiger partial charge on any atom is -0.321 e. The summed E-state index contributed by atoms with van der Waals surface area (Å²) in [7, 11) is 0. The largest absolute Gasteiger partial charge is 0.321 e. The van der Waals surface area contributed by atoms with E-state index in [9.17, 15) is 4.39 Å². The number of halogens is 2. The Morgan fingerprint density at radius 2 is 1.82 bits per heavy atom. The maximum absolute atomic E-state index is 13.2. The first-order valence-electron chi connectivity index (χ1n) is 5.23. The molecular weight excluding hydrogens is 283 g/mol. The van der Waals surface area contributed by atoms with Crippen LogP contribution in [0.4, 0.5) is 10.1 Å². The Balaban J connectivity index is 1.88. The molecule has 17 heavy (non-hydrogen) atoms. The molecule has 0 unspecified atom stereocenters. The van der Waals surface area contributed by atoms with Crippen LogP contribution in [-0.4, -0.2) is 0 Å². The molecule has 2 nitrogen and oxygen atoms in total. The Hall–Kier alpha value is -1.39. The van der Waals surface area contributed by atoms with E-state index in [0.29, 0.717) is 11.0 Å². The van der Waals surface area contributed by atoms with E-state index in [-0.39, 0.29) is 5.82 Å². The van der Waals surface area contributed by atoms with Gasteiger partial charge in [-0.2, -0.15) is 0 Å². The molecule has 0 heterocycles. The monoisotopic (exact) mass is 294 g/mol. The van der Waals surface area contributed by atoms with Crippen molar-refractivity contribution in [3.8, 4) is 0 Å². The van der Waals surface area contributed by atoms with Gasteiger partial charge in [0.05, 0.1) is 4.47 Å². The Bertz CT molecular complexity index is 488. The summed E-state index contributed by atoms with van der Waals surface area (Å²) in [5, 5.41) is 0. The second-order valence-corrected chi connectivity index (χ2v) is 4.45. The van der Waals surface area contributed by atoms with Crippen molar-refractivity contribution in [3.63, 3.8) is 0 Å². The number of hydrogen-bond donors (Lipinski definition) is 2. The van der Waals surface area contributed by atoms with Gasteiger partial charge in [-0.15, -0.1) is 0 Å². The molecule has 0 spiro atoms. The highest BCUT2D eigenvalue weighted by Crippen LogP contribution is 2.16. The fraction of sp³-hybridized carbons (Fsp3) is 0.0769. The SMILES string of the molecule is Fc1cc(CNNc2ccccc2)ccc1Br. The van der Waals surface area contributed by atoms with E-state index in [0.717, 1.165) is 11.3 Å². The first kappa shape index (κ1) is 12.1. The molecule has 88 valence electrons. The van der Waals surface area contributed by atoms with Crippen molar-refractivity contribution in [3.05, 3.63) is 64.4 Å². The lowest BCUT2D eigenvalue weighted by atomic mass is 10.2. The van der Waals surface area contributed by atoms with Crippen LogP contribution < -0.4 is 10.9 Å². The predicted molar refractivity (Wildman–Crippen MR) is 71.0 cm³/mol. The molecule has 2 aromatic rings. The Kier molecular flexibility index (Phi) is 4.12. The van der Waals surface area contributed by atoms with E-state index in [2.05, 4.69) is 26.8 Å². The minimum absolute atomic E-state index is 0.246. The lowest BCUT2D eigenvalue weighted by Crippen LogP contribution is -2.20. The number of benzene rings is 2. The molecule has 0 saturated heterocycles. The van der Waals surface area contributed by atoms with Gasteiger partial charge in [0.25, 0.3) is 0 Å². The standard InChI is InChI=1S/C13H12BrFN2/c14-12-7-6-10(8-13(12)15)9-16-17-11-4-2-1-3-5-11/h1-8,16-17H,9H2. The number of rotatable bonds is 4. The van der Waals surface area contributed by atoms with Crippen LogP contribution in [0.15, 0.2) is 53.0 Å². The predicted octanol–water partition coefficient (Wildman–Crippen LogP) is 3.70. The van der Waals surface area contributed by atoms with Crippen molar-refractivity contribution in [2.24, 2.45) is 0 Å². The molecule has 2 aromatic carbocycles. The van der Waals surface area contributed by atoms with Crippen molar-refractivity contribution < 1.29 is 4.39 Å². The minimum atomic E-state index is -0.246. The van der Waals surface area contributed by atoms with Gasteiger partial charge in [-0.3, -0.25) is 0 Å². The van der Waals surface area contributed by atoms with E-state index in [1.54, 1.807) is 6.07 Å². The maximum atomic E-state index is 13.2. The molecule has 0 radical (unpaired) electrons. The third-order valence-corrected chi connectivity index (χ3v) is 2.93. The summed E-state index contributed by atoms with van der Waals surface area (Å²) >= 11 is 3.12. The van der Waals surface area contributed by atoms with E-state index in [1.807, 2.05) is 36.4 Å². The summed E-state index contributed by atoms with van der Waals surface area (Å²) < 4.78 is 13.7. The summed E-state index contributed by atoms with van der Waals surface area (Å²) in [6.45, 7) is 0.555. The Labute approximate surface area is 108 Å². The molecule has 0 fully saturated rings. The highest BCUT2D eigenvalue weighted by atomic mass is 79.9. The molecular formula is C13H12BrFN2. The summed E-state index contributed by atoms with van der Waals surface area (Å²) in [5.41, 5.74) is 7.94. The lowest BCUT2D eigenvalue weighted by molar-refractivity contribution is 0.617. The zero-order chi connectivity index (χ0) is 12.1. The van der Waals surface area contributed by atoms with Gasteiger partial charge in [-0.25, -0.2) is 9.82 Å². The van der Waals surface area contributed by atoms with Crippen LogP contribution in [0.3, 0.4) is 0 Å². The van der Waals surface area contributed by atoms with E-state index < -0.39 is 0 Å². The number of hydrogen-bond acceptors (Lipinski definition) is 2. The van der Waals surface area contributed by atoms with Crippen molar-refractivity contribution in [2.75, 3.05) is 5.43 Å². The number of hydrazine groups is 1. The second kappa shape index (κ2) is 5.80. The van der Waals surface area contributed by atoms with Crippen LogP contribution in [-0.2, 0) is 6.54 Å². The second-order valence-electron chi connectivity index (χ2n) is 3.59. The third-order valence-electron chi connectivity index (χ3n) is 2.28. The van der Waals surface area contributed by atoms with Crippen molar-refractivity contribution in [1.82, 2.24) is 5.43 Å². The van der Waals surface area contributed by atoms with Crippen molar-refractivity contribution in [2.45, 2.75) is 6.54 Å². The highest BCUT2D eigenvalue weighted by molar-refractivity contribution is 9.10. The fourth-order valence-corrected chi connectivity index (χ4v) is 1.67. The Morgan fingerprint density at radius 1 is 1.06 bits per heavy atom. The smallest absolute Gasteiger partial charge is 0.137 e. The molecule has 4 heteroatoms. The first-order chi connectivity index (χ1) is 8.25. The molecule has 0 aromatic heterocycles. The Morgan fingerprint density at radius 3 is 2.53 bits per heavy atom. The maximum Gasteiger partial charge on any atom is 0.137 e. The first-order valence-corrected chi connectivity index (χ1v) is 6.03. The average Bonchev–Trinajstić information content (AvgIpc) is 2.35. The van der Waals surface area contributed by atoms with Gasteiger partial charge in [-0.05, 0) is 45.8 Å². The molecule has 0 saturated carbocycles. The zero-order valence-electron chi connectivity index (χ0n) is 9.08. The zero-order valence-corrected chi connectivity index (χ0v) is 10.7. The quantitative estimate of drug-likeness (QED) is 0.840. The number of nitrogens with one attached hydrogen (secondary N) is 2. The van der Waals surface area contributed by atoms with E-state index in [1.165, 1.54) is 6.07 Å². The van der Waals surface area contributed by atoms with Gasteiger partial charge in [0.2, 0.25) is 0 Å². The lowest BCUT2D eigenvalue weighted by Gasteiger charge is -2.08. The average molecular weight is 295 g/mol. The van der Waals surface area contributed by atoms with Gasteiger partial charge in [-0.1, -0.05) is 24.3 Å². The number of para-hydroxylation sites is 1. The van der Waals surface area contributed by atoms with Gasteiger partial charge in [0.1, 0.15) is 5.82 Å². The van der Waals surface area contributed by atoms with Crippen LogP contribution in [0.1, 0.15) is 5.56 Å². The summed E-state index contributed by atoms with van der Waals surface area (Å²) in [6, 6.07) is 14.8. The van der Waals surface area contributed by atoms with E-state index in [4.69, 9.17) is 0 Å². The normalized spacial score (nSPS) is 10.2. The molecule has 0 atom stereocenters. The van der Waals surface area contributed by atoms with Gasteiger partial charge < -0.3 is 5.43 Å². The molecule has 0 aliphatic carbocycles. The van der Waals surface area contributed by atoms with E-state index >= 15 is 0 Å². The van der Waals surface area contributed by atoms with Crippen molar-refractivity contribution in [1.29, 1.82) is 0 Å². The molecule has 0 aliphatic heterocycles. The topological polar surface area (TPSA) is 24.1 Å². The van der Waals surface area contributed by atoms with Crippen LogP contribution in [0.25, 0.3) is 0 Å². The number of anilines is 1. The molecule has 2 rings (SSSR count). The molecule has 0 aliphatic rings. The van der Waals surface area contributed by atoms with Crippen LogP contribution in [0.5, 0.6) is 0 Å². The van der Waals surface area contributed by atoms with Gasteiger partial charge in [0, 0.05) is 12.2 Å². The van der Waals surface area contributed by atoms with Crippen LogP contribution in [0, 0.1) is 5.82 Å². The fourth-order valence-electron chi connectivity index (χ4n) is 1.42. The van der Waals surface area contributed by atoms with Gasteiger partial charge in [0.15, 0.2) is 0 Å². The van der Waals surface area contributed by atoms with Gasteiger partial charge >= 0.3 is 0 Å².